The first-order chi connectivity index (χ1) is 10.6. The zero-order valence-electron chi connectivity index (χ0n) is 12.4. The standard InChI is InChI=1S/C17H20N2O3/c18-12-3-1-10(2-4-12)17(21)22-15-7-13-5-11-6-14(8-15)19(13)9-16(11)20/h1-4,11,13-15H,5-9,18H2. The molecule has 4 aliphatic rings. The van der Waals surface area contributed by atoms with E-state index in [1.165, 1.54) is 0 Å². The maximum absolute atomic E-state index is 12.2. The molecule has 0 aliphatic carbocycles. The van der Waals surface area contributed by atoms with Crippen LogP contribution in [0.25, 0.3) is 0 Å². The molecule has 1 aromatic rings. The Balaban J connectivity index is 1.42. The van der Waals surface area contributed by atoms with Crippen LogP contribution >= 0.6 is 0 Å². The molecule has 5 heteroatoms. The minimum absolute atomic E-state index is 0.0366. The van der Waals surface area contributed by atoms with Gasteiger partial charge in [-0.25, -0.2) is 4.79 Å². The zero-order chi connectivity index (χ0) is 15.3. The fourth-order valence-electron chi connectivity index (χ4n) is 4.25. The topological polar surface area (TPSA) is 72.6 Å². The molecule has 5 rings (SSSR count). The number of Topliss-reactive ketones (excluding diaryl/α,β-unsaturated/α-hetero) is 1. The van der Waals surface area contributed by atoms with Crippen molar-refractivity contribution < 1.29 is 14.3 Å². The first kappa shape index (κ1) is 13.8. The van der Waals surface area contributed by atoms with Crippen LogP contribution in [0.5, 0.6) is 0 Å². The first-order valence-corrected chi connectivity index (χ1v) is 7.95. The number of anilines is 1. The fraction of sp³-hybridized carbons (Fsp3) is 0.529. The van der Waals surface area contributed by atoms with Gasteiger partial charge in [0.05, 0.1) is 12.1 Å². The van der Waals surface area contributed by atoms with Gasteiger partial charge in [-0.3, -0.25) is 9.69 Å². The monoisotopic (exact) mass is 300 g/mol. The Morgan fingerprint density at radius 3 is 2.32 bits per heavy atom. The highest BCUT2D eigenvalue weighted by molar-refractivity contribution is 5.90. The number of nitrogens with two attached hydrogens (primary N) is 1. The van der Waals surface area contributed by atoms with Crippen molar-refractivity contribution >= 4 is 17.4 Å². The van der Waals surface area contributed by atoms with Crippen molar-refractivity contribution in [2.45, 2.75) is 43.9 Å². The molecule has 1 aromatic carbocycles. The van der Waals surface area contributed by atoms with E-state index in [2.05, 4.69) is 4.90 Å². The lowest BCUT2D eigenvalue weighted by atomic mass is 9.72. The Bertz CT molecular complexity index is 597. The Morgan fingerprint density at radius 2 is 1.73 bits per heavy atom. The number of hydrogen-bond donors (Lipinski definition) is 1. The lowest BCUT2D eigenvalue weighted by Crippen LogP contribution is -2.63. The summed E-state index contributed by atoms with van der Waals surface area (Å²) in [7, 11) is 0. The molecule has 0 radical (unpaired) electrons. The number of nitrogens with zero attached hydrogens (tertiary/aromatic N) is 1. The van der Waals surface area contributed by atoms with Gasteiger partial charge in [0, 0.05) is 36.5 Å². The maximum atomic E-state index is 12.2. The van der Waals surface area contributed by atoms with E-state index >= 15 is 0 Å². The van der Waals surface area contributed by atoms with Crippen LogP contribution in [-0.2, 0) is 9.53 Å². The van der Waals surface area contributed by atoms with E-state index in [-0.39, 0.29) is 18.0 Å². The lowest BCUT2D eigenvalue weighted by Gasteiger charge is -2.54. The molecule has 0 aromatic heterocycles. The zero-order valence-corrected chi connectivity index (χ0v) is 12.4. The van der Waals surface area contributed by atoms with Crippen molar-refractivity contribution in [3.05, 3.63) is 29.8 Å². The van der Waals surface area contributed by atoms with Gasteiger partial charge in [0.2, 0.25) is 0 Å². The van der Waals surface area contributed by atoms with Crippen LogP contribution in [-0.4, -0.2) is 41.4 Å². The predicted molar refractivity (Wildman–Crippen MR) is 81.3 cm³/mol. The number of rotatable bonds is 2. The van der Waals surface area contributed by atoms with E-state index in [9.17, 15) is 9.59 Å². The predicted octanol–water partition coefficient (Wildman–Crippen LogP) is 1.62. The van der Waals surface area contributed by atoms with E-state index in [1.54, 1.807) is 24.3 Å². The van der Waals surface area contributed by atoms with Gasteiger partial charge in [0.25, 0.3) is 0 Å². The summed E-state index contributed by atoms with van der Waals surface area (Å²) < 4.78 is 5.70. The molecule has 0 saturated carbocycles. The van der Waals surface area contributed by atoms with Gasteiger partial charge in [0.15, 0.2) is 0 Å². The third-order valence-electron chi connectivity index (χ3n) is 5.34. The summed E-state index contributed by atoms with van der Waals surface area (Å²) in [5.41, 5.74) is 6.81. The Kier molecular flexibility index (Phi) is 3.18. The Morgan fingerprint density at radius 1 is 1.09 bits per heavy atom. The smallest absolute Gasteiger partial charge is 0.338 e. The summed E-state index contributed by atoms with van der Waals surface area (Å²) >= 11 is 0. The molecule has 4 bridgehead atoms. The SMILES string of the molecule is Nc1ccc(C(=O)OC2CC3CC4CC(C2)N3CC4=O)cc1. The molecule has 4 fully saturated rings. The van der Waals surface area contributed by atoms with Gasteiger partial charge < -0.3 is 10.5 Å². The molecular formula is C17H20N2O3. The number of benzene rings is 1. The number of ketones is 1. The number of ether oxygens (including phenoxy) is 1. The van der Waals surface area contributed by atoms with Crippen molar-refractivity contribution in [2.24, 2.45) is 5.92 Å². The lowest BCUT2D eigenvalue weighted by molar-refractivity contribution is -0.145. The Labute approximate surface area is 129 Å². The van der Waals surface area contributed by atoms with E-state index < -0.39 is 0 Å². The summed E-state index contributed by atoms with van der Waals surface area (Å²) in [5.74, 6) is 0.361. The quantitative estimate of drug-likeness (QED) is 0.664. The second-order valence-corrected chi connectivity index (χ2v) is 6.74. The van der Waals surface area contributed by atoms with Gasteiger partial charge in [-0.1, -0.05) is 0 Å². The number of carbonyl (C=O) groups is 2. The van der Waals surface area contributed by atoms with Crippen molar-refractivity contribution in [3.63, 3.8) is 0 Å². The molecule has 4 heterocycles. The second-order valence-electron chi connectivity index (χ2n) is 6.74. The van der Waals surface area contributed by atoms with Crippen LogP contribution in [0.2, 0.25) is 0 Å². The highest BCUT2D eigenvalue weighted by Gasteiger charge is 2.49. The average Bonchev–Trinajstić information content (AvgIpc) is 2.48. The van der Waals surface area contributed by atoms with Crippen molar-refractivity contribution in [1.82, 2.24) is 4.90 Å². The van der Waals surface area contributed by atoms with Gasteiger partial charge in [-0.15, -0.1) is 0 Å². The summed E-state index contributed by atoms with van der Waals surface area (Å²) in [4.78, 5) is 26.4. The number of esters is 1. The van der Waals surface area contributed by atoms with Crippen LogP contribution in [0.4, 0.5) is 5.69 Å². The minimum atomic E-state index is -0.277. The summed E-state index contributed by atoms with van der Waals surface area (Å²) in [6.45, 7) is 0.596. The number of hydrogen-bond acceptors (Lipinski definition) is 5. The van der Waals surface area contributed by atoms with Gasteiger partial charge in [-0.2, -0.15) is 0 Å². The van der Waals surface area contributed by atoms with E-state index in [1.807, 2.05) is 0 Å². The third kappa shape index (κ3) is 2.29. The second kappa shape index (κ2) is 5.09. The van der Waals surface area contributed by atoms with Crippen LogP contribution in [0.1, 0.15) is 36.0 Å². The number of fused-ring (bicyclic) bond motifs is 1. The summed E-state index contributed by atoms with van der Waals surface area (Å²) in [5, 5.41) is 0. The molecule has 5 nitrogen and oxygen atoms in total. The van der Waals surface area contributed by atoms with Crippen LogP contribution in [0, 0.1) is 5.92 Å². The molecule has 2 atom stereocenters. The number of carbonyl (C=O) groups excluding carboxylic acids is 2. The molecule has 4 saturated heterocycles. The van der Waals surface area contributed by atoms with Crippen molar-refractivity contribution in [3.8, 4) is 0 Å². The first-order valence-electron chi connectivity index (χ1n) is 7.95. The van der Waals surface area contributed by atoms with E-state index in [0.717, 1.165) is 25.7 Å². The van der Waals surface area contributed by atoms with E-state index in [0.29, 0.717) is 35.7 Å². The molecule has 2 unspecified atom stereocenters. The summed E-state index contributed by atoms with van der Waals surface area (Å²) in [6.07, 6.45) is 3.53. The van der Waals surface area contributed by atoms with Crippen LogP contribution < -0.4 is 5.73 Å². The van der Waals surface area contributed by atoms with Gasteiger partial charge >= 0.3 is 5.97 Å². The highest BCUT2D eigenvalue weighted by Crippen LogP contribution is 2.42. The maximum Gasteiger partial charge on any atom is 0.338 e. The minimum Gasteiger partial charge on any atom is -0.459 e. The van der Waals surface area contributed by atoms with Gasteiger partial charge in [0.1, 0.15) is 11.9 Å². The normalized spacial score (nSPS) is 36.2. The molecule has 0 amide bonds. The molecule has 22 heavy (non-hydrogen) atoms. The van der Waals surface area contributed by atoms with Crippen LogP contribution in [0.15, 0.2) is 24.3 Å². The summed E-state index contributed by atoms with van der Waals surface area (Å²) in [6, 6.07) is 7.63. The van der Waals surface area contributed by atoms with Gasteiger partial charge in [-0.05, 0) is 37.1 Å². The largest absolute Gasteiger partial charge is 0.459 e. The third-order valence-corrected chi connectivity index (χ3v) is 5.34. The molecule has 0 spiro atoms. The molecular weight excluding hydrogens is 280 g/mol. The fourth-order valence-corrected chi connectivity index (χ4v) is 4.25. The van der Waals surface area contributed by atoms with Crippen molar-refractivity contribution in [2.75, 3.05) is 12.3 Å². The number of nitrogen functional groups attached to an aromatic ring is 1. The Hall–Kier alpha value is -1.88. The number of piperidine rings is 4. The highest BCUT2D eigenvalue weighted by atomic mass is 16.5. The average molecular weight is 300 g/mol. The molecule has 4 aliphatic heterocycles. The van der Waals surface area contributed by atoms with E-state index in [4.69, 9.17) is 10.5 Å². The van der Waals surface area contributed by atoms with Crippen LogP contribution in [0.3, 0.4) is 0 Å². The van der Waals surface area contributed by atoms with Crippen molar-refractivity contribution in [1.29, 1.82) is 0 Å². The molecule has 2 N–H and O–H groups in total. The molecule has 116 valence electrons.